The number of ether oxygens (including phenoxy) is 2. The van der Waals surface area contributed by atoms with Gasteiger partial charge in [0.05, 0.1) is 19.5 Å². The van der Waals surface area contributed by atoms with Crippen molar-refractivity contribution in [2.75, 3.05) is 19.0 Å². The van der Waals surface area contributed by atoms with Crippen LogP contribution in [-0.2, 0) is 6.61 Å². The average molecular weight is 259 g/mol. The minimum absolute atomic E-state index is 0.453. The van der Waals surface area contributed by atoms with Crippen molar-refractivity contribution in [2.24, 2.45) is 0 Å². The van der Waals surface area contributed by atoms with E-state index in [0.717, 1.165) is 23.7 Å². The van der Waals surface area contributed by atoms with Crippen molar-refractivity contribution in [3.8, 4) is 11.6 Å². The fourth-order valence-electron chi connectivity index (χ4n) is 1.56. The normalized spacial score (nSPS) is 10.0. The van der Waals surface area contributed by atoms with Crippen LogP contribution in [0, 0.1) is 0 Å². The summed E-state index contributed by atoms with van der Waals surface area (Å²) in [6, 6.07) is 7.72. The van der Waals surface area contributed by atoms with Gasteiger partial charge in [0, 0.05) is 6.54 Å². The molecule has 0 aliphatic heterocycles. The topological polar surface area (TPSA) is 56.3 Å². The van der Waals surface area contributed by atoms with Gasteiger partial charge in [0.2, 0.25) is 5.88 Å². The molecule has 2 rings (SSSR count). The standard InChI is InChI=1S/C14H17N3O2/c1-3-16-13-8-15-9-14(17-13)19-10-11-4-6-12(18-2)7-5-11/h4-9H,3,10H2,1-2H3,(H,16,17). The van der Waals surface area contributed by atoms with Gasteiger partial charge in [0.25, 0.3) is 0 Å². The molecule has 0 amide bonds. The van der Waals surface area contributed by atoms with E-state index in [0.29, 0.717) is 12.5 Å². The predicted octanol–water partition coefficient (Wildman–Crippen LogP) is 2.50. The first-order valence-corrected chi connectivity index (χ1v) is 6.13. The van der Waals surface area contributed by atoms with E-state index < -0.39 is 0 Å². The second-order valence-corrected chi connectivity index (χ2v) is 3.91. The molecule has 0 radical (unpaired) electrons. The number of hydrogen-bond donors (Lipinski definition) is 1. The number of rotatable bonds is 6. The minimum atomic E-state index is 0.453. The van der Waals surface area contributed by atoms with Crippen molar-refractivity contribution in [3.63, 3.8) is 0 Å². The molecule has 1 aromatic carbocycles. The Hall–Kier alpha value is -2.30. The van der Waals surface area contributed by atoms with Gasteiger partial charge in [0.15, 0.2) is 0 Å². The van der Waals surface area contributed by atoms with E-state index in [1.54, 1.807) is 19.5 Å². The molecule has 5 nitrogen and oxygen atoms in total. The zero-order chi connectivity index (χ0) is 13.5. The monoisotopic (exact) mass is 259 g/mol. The van der Waals surface area contributed by atoms with Crippen LogP contribution in [0.25, 0.3) is 0 Å². The van der Waals surface area contributed by atoms with Crippen molar-refractivity contribution >= 4 is 5.82 Å². The summed E-state index contributed by atoms with van der Waals surface area (Å²) in [6.07, 6.45) is 3.27. The summed E-state index contributed by atoms with van der Waals surface area (Å²) in [5.74, 6) is 2.06. The van der Waals surface area contributed by atoms with Crippen LogP contribution in [0.4, 0.5) is 5.82 Å². The maximum absolute atomic E-state index is 5.60. The fraction of sp³-hybridized carbons (Fsp3) is 0.286. The molecule has 0 aliphatic rings. The zero-order valence-electron chi connectivity index (χ0n) is 11.1. The lowest BCUT2D eigenvalue weighted by Gasteiger charge is -2.07. The predicted molar refractivity (Wildman–Crippen MR) is 73.5 cm³/mol. The molecule has 0 spiro atoms. The molecule has 0 saturated heterocycles. The summed E-state index contributed by atoms with van der Waals surface area (Å²) in [6.45, 7) is 3.26. The van der Waals surface area contributed by atoms with Gasteiger partial charge in [-0.25, -0.2) is 0 Å². The van der Waals surface area contributed by atoms with Crippen LogP contribution < -0.4 is 14.8 Å². The van der Waals surface area contributed by atoms with Crippen LogP contribution in [0.3, 0.4) is 0 Å². The number of anilines is 1. The number of methoxy groups -OCH3 is 1. The first kappa shape index (κ1) is 13.1. The fourth-order valence-corrected chi connectivity index (χ4v) is 1.56. The first-order chi connectivity index (χ1) is 9.31. The number of nitrogens with one attached hydrogen (secondary N) is 1. The first-order valence-electron chi connectivity index (χ1n) is 6.13. The number of aromatic nitrogens is 2. The summed E-state index contributed by atoms with van der Waals surface area (Å²) < 4.78 is 10.7. The minimum Gasteiger partial charge on any atom is -0.497 e. The zero-order valence-corrected chi connectivity index (χ0v) is 11.1. The van der Waals surface area contributed by atoms with E-state index in [1.807, 2.05) is 31.2 Å². The van der Waals surface area contributed by atoms with E-state index in [9.17, 15) is 0 Å². The van der Waals surface area contributed by atoms with Gasteiger partial charge in [-0.2, -0.15) is 4.98 Å². The van der Waals surface area contributed by atoms with Crippen molar-refractivity contribution < 1.29 is 9.47 Å². The molecule has 100 valence electrons. The lowest BCUT2D eigenvalue weighted by molar-refractivity contribution is 0.292. The maximum Gasteiger partial charge on any atom is 0.234 e. The maximum atomic E-state index is 5.60. The van der Waals surface area contributed by atoms with Gasteiger partial charge in [0.1, 0.15) is 18.2 Å². The third-order valence-electron chi connectivity index (χ3n) is 2.52. The Balaban J connectivity index is 1.95. The van der Waals surface area contributed by atoms with Crippen LogP contribution in [0.5, 0.6) is 11.6 Å². The smallest absolute Gasteiger partial charge is 0.234 e. The highest BCUT2D eigenvalue weighted by molar-refractivity contribution is 5.33. The summed E-state index contributed by atoms with van der Waals surface area (Å²) in [7, 11) is 1.65. The van der Waals surface area contributed by atoms with Gasteiger partial charge >= 0.3 is 0 Å². The lowest BCUT2D eigenvalue weighted by Crippen LogP contribution is -2.03. The Morgan fingerprint density at radius 1 is 1.16 bits per heavy atom. The SMILES string of the molecule is CCNc1cncc(OCc2ccc(OC)cc2)n1. The molecule has 0 unspecified atom stereocenters. The van der Waals surface area contributed by atoms with E-state index >= 15 is 0 Å². The highest BCUT2D eigenvalue weighted by Crippen LogP contribution is 2.14. The molecule has 1 N–H and O–H groups in total. The quantitative estimate of drug-likeness (QED) is 0.863. The molecular weight excluding hydrogens is 242 g/mol. The van der Waals surface area contributed by atoms with E-state index in [4.69, 9.17) is 9.47 Å². The van der Waals surface area contributed by atoms with Gasteiger partial charge in [-0.1, -0.05) is 12.1 Å². The largest absolute Gasteiger partial charge is 0.497 e. The van der Waals surface area contributed by atoms with E-state index in [1.165, 1.54) is 0 Å². The molecule has 0 aliphatic carbocycles. The van der Waals surface area contributed by atoms with Crippen molar-refractivity contribution in [2.45, 2.75) is 13.5 Å². The van der Waals surface area contributed by atoms with Crippen molar-refractivity contribution in [1.82, 2.24) is 9.97 Å². The number of nitrogens with zero attached hydrogens (tertiary/aromatic N) is 2. The van der Waals surface area contributed by atoms with E-state index in [2.05, 4.69) is 15.3 Å². The molecule has 5 heteroatoms. The highest BCUT2D eigenvalue weighted by Gasteiger charge is 2.00. The Labute approximate surface area is 112 Å². The van der Waals surface area contributed by atoms with Gasteiger partial charge < -0.3 is 14.8 Å². The van der Waals surface area contributed by atoms with Gasteiger partial charge in [-0.05, 0) is 24.6 Å². The second kappa shape index (κ2) is 6.58. The number of benzene rings is 1. The van der Waals surface area contributed by atoms with Crippen LogP contribution in [0.1, 0.15) is 12.5 Å². The van der Waals surface area contributed by atoms with E-state index in [-0.39, 0.29) is 0 Å². The van der Waals surface area contributed by atoms with Crippen molar-refractivity contribution in [1.29, 1.82) is 0 Å². The molecule has 2 aromatic rings. The highest BCUT2D eigenvalue weighted by atomic mass is 16.5. The Kier molecular flexibility index (Phi) is 4.55. The third kappa shape index (κ3) is 3.84. The Morgan fingerprint density at radius 3 is 2.63 bits per heavy atom. The molecule has 1 heterocycles. The molecular formula is C14H17N3O2. The molecule has 1 aromatic heterocycles. The van der Waals surface area contributed by atoms with Gasteiger partial charge in [-0.3, -0.25) is 4.98 Å². The van der Waals surface area contributed by atoms with Crippen LogP contribution in [-0.4, -0.2) is 23.6 Å². The summed E-state index contributed by atoms with van der Waals surface area (Å²) >= 11 is 0. The van der Waals surface area contributed by atoms with Gasteiger partial charge in [-0.15, -0.1) is 0 Å². The Bertz CT molecular complexity index is 514. The second-order valence-electron chi connectivity index (χ2n) is 3.91. The summed E-state index contributed by atoms with van der Waals surface area (Å²) in [5.41, 5.74) is 1.05. The molecule has 19 heavy (non-hydrogen) atoms. The van der Waals surface area contributed by atoms with Crippen LogP contribution in [0.2, 0.25) is 0 Å². The van der Waals surface area contributed by atoms with Crippen molar-refractivity contribution in [3.05, 3.63) is 42.2 Å². The molecule has 0 saturated carbocycles. The molecule has 0 bridgehead atoms. The average Bonchev–Trinajstić information content (AvgIpc) is 2.46. The number of hydrogen-bond acceptors (Lipinski definition) is 5. The van der Waals surface area contributed by atoms with Crippen LogP contribution >= 0.6 is 0 Å². The molecule has 0 atom stereocenters. The Morgan fingerprint density at radius 2 is 1.95 bits per heavy atom. The molecule has 0 fully saturated rings. The lowest BCUT2D eigenvalue weighted by atomic mass is 10.2. The summed E-state index contributed by atoms with van der Waals surface area (Å²) in [4.78, 5) is 8.36. The van der Waals surface area contributed by atoms with Crippen LogP contribution in [0.15, 0.2) is 36.7 Å². The third-order valence-corrected chi connectivity index (χ3v) is 2.52. The summed E-state index contributed by atoms with van der Waals surface area (Å²) in [5, 5.41) is 3.09.